The number of benzene rings is 1. The van der Waals surface area contributed by atoms with Crippen molar-refractivity contribution in [3.63, 3.8) is 0 Å². The number of carbonyl (C=O) groups excluding carboxylic acids is 1. The molecule has 3 aromatic rings. The first kappa shape index (κ1) is 25.7. The normalized spacial score (nSPS) is 15.9. The van der Waals surface area contributed by atoms with Crippen molar-refractivity contribution in [1.82, 2.24) is 19.6 Å². The number of thiophene rings is 1. The van der Waals surface area contributed by atoms with Crippen LogP contribution in [0.1, 0.15) is 34.5 Å². The minimum absolute atomic E-state index is 0.0106. The lowest BCUT2D eigenvalue weighted by molar-refractivity contribution is -0.141. The highest BCUT2D eigenvalue weighted by Gasteiger charge is 2.39. The molecule has 1 aromatic carbocycles. The van der Waals surface area contributed by atoms with E-state index in [4.69, 9.17) is 6.57 Å². The Morgan fingerprint density at radius 2 is 2.03 bits per heavy atom. The van der Waals surface area contributed by atoms with Crippen molar-refractivity contribution in [2.45, 2.75) is 32.1 Å². The molecule has 0 N–H and O–H groups in total. The van der Waals surface area contributed by atoms with Gasteiger partial charge in [0, 0.05) is 48.3 Å². The predicted octanol–water partition coefficient (Wildman–Crippen LogP) is 5.79. The van der Waals surface area contributed by atoms with Gasteiger partial charge in [0.15, 0.2) is 5.69 Å². The number of alkyl halides is 3. The number of halogens is 3. The summed E-state index contributed by atoms with van der Waals surface area (Å²) < 4.78 is 43.0. The third-order valence-electron chi connectivity index (χ3n) is 6.07. The van der Waals surface area contributed by atoms with E-state index in [1.165, 1.54) is 28.3 Å². The Bertz CT molecular complexity index is 1330. The molecule has 188 valence electrons. The van der Waals surface area contributed by atoms with Crippen LogP contribution >= 0.6 is 11.3 Å². The second-order valence-corrected chi connectivity index (χ2v) is 9.96. The summed E-state index contributed by atoms with van der Waals surface area (Å²) in [4.78, 5) is 21.1. The van der Waals surface area contributed by atoms with Gasteiger partial charge in [-0.15, -0.1) is 0 Å². The second-order valence-electron chi connectivity index (χ2n) is 8.84. The van der Waals surface area contributed by atoms with Crippen molar-refractivity contribution in [3.8, 4) is 11.1 Å². The van der Waals surface area contributed by atoms with Crippen LogP contribution in [-0.2, 0) is 24.1 Å². The van der Waals surface area contributed by atoms with E-state index >= 15 is 0 Å². The summed E-state index contributed by atoms with van der Waals surface area (Å²) in [5.41, 5.74) is 1.06. The first-order chi connectivity index (χ1) is 17.1. The smallest absolute Gasteiger partial charge is 0.333 e. The topological polar surface area (TPSA) is 45.7 Å². The lowest BCUT2D eigenvalue weighted by Gasteiger charge is -2.34. The lowest BCUT2D eigenvalue weighted by Crippen LogP contribution is -2.37. The fourth-order valence-electron chi connectivity index (χ4n) is 4.40. The minimum Gasteiger partial charge on any atom is -0.333 e. The number of aryl methyl sites for hydroxylation is 1. The van der Waals surface area contributed by atoms with Crippen LogP contribution in [0, 0.1) is 6.57 Å². The van der Waals surface area contributed by atoms with Gasteiger partial charge in [0.2, 0.25) is 10.9 Å². The van der Waals surface area contributed by atoms with Crippen molar-refractivity contribution in [2.24, 2.45) is 0 Å². The number of carbonyl (C=O) groups is 1. The van der Waals surface area contributed by atoms with E-state index < -0.39 is 11.9 Å². The van der Waals surface area contributed by atoms with Gasteiger partial charge < -0.3 is 9.80 Å². The molecule has 0 aliphatic carbocycles. The zero-order valence-electron chi connectivity index (χ0n) is 20.2. The number of likely N-dealkylation sites (N-methyl/N-ethyl adjacent to an activating group) is 1. The molecule has 1 atom stereocenters. The first-order valence-electron chi connectivity index (χ1n) is 11.5. The Kier molecular flexibility index (Phi) is 7.33. The third-order valence-corrected chi connectivity index (χ3v) is 7.10. The molecule has 0 spiro atoms. The van der Waals surface area contributed by atoms with Crippen LogP contribution in [0.3, 0.4) is 0 Å². The second kappa shape index (κ2) is 10.3. The van der Waals surface area contributed by atoms with Crippen molar-refractivity contribution in [3.05, 3.63) is 81.8 Å². The van der Waals surface area contributed by atoms with Crippen LogP contribution in [0.4, 0.5) is 18.2 Å². The van der Waals surface area contributed by atoms with Crippen molar-refractivity contribution < 1.29 is 18.0 Å². The zero-order chi connectivity index (χ0) is 26.0. The average molecular weight is 514 g/mol. The highest BCUT2D eigenvalue weighted by Crippen LogP contribution is 2.45. The van der Waals surface area contributed by atoms with E-state index in [1.807, 2.05) is 19.0 Å². The number of rotatable bonds is 6. The number of fused-ring (bicyclic) bond motifs is 1. The molecule has 0 radical (unpaired) electrons. The number of hydrogen-bond donors (Lipinski definition) is 0. The molecule has 6 nitrogen and oxygen atoms in total. The summed E-state index contributed by atoms with van der Waals surface area (Å²) in [6, 6.07) is 8.77. The van der Waals surface area contributed by atoms with Crippen LogP contribution in [0.15, 0.2) is 48.7 Å². The fraction of sp³-hybridized carbons (Fsp3) is 0.346. The summed E-state index contributed by atoms with van der Waals surface area (Å²) >= 11 is 1.32. The number of nitrogens with zero attached hydrogens (tertiary/aromatic N) is 5. The predicted molar refractivity (Wildman–Crippen MR) is 134 cm³/mol. The Morgan fingerprint density at radius 1 is 1.28 bits per heavy atom. The van der Waals surface area contributed by atoms with Crippen molar-refractivity contribution >= 4 is 22.2 Å². The van der Waals surface area contributed by atoms with Gasteiger partial charge in [-0.3, -0.25) is 9.48 Å². The lowest BCUT2D eigenvalue weighted by atomic mass is 9.84. The van der Waals surface area contributed by atoms with Gasteiger partial charge in [-0.05, 0) is 43.8 Å². The van der Waals surface area contributed by atoms with Gasteiger partial charge in [0.1, 0.15) is 0 Å². The van der Waals surface area contributed by atoms with E-state index in [1.54, 1.807) is 48.2 Å². The summed E-state index contributed by atoms with van der Waals surface area (Å²) in [7, 11) is 3.81. The van der Waals surface area contributed by atoms with E-state index in [9.17, 15) is 18.0 Å². The highest BCUT2D eigenvalue weighted by molar-refractivity contribution is 7.16. The van der Waals surface area contributed by atoms with Gasteiger partial charge >= 0.3 is 6.18 Å². The molecule has 36 heavy (non-hydrogen) atoms. The van der Waals surface area contributed by atoms with Gasteiger partial charge in [0.05, 0.1) is 13.1 Å². The maximum absolute atomic E-state index is 13.9. The van der Waals surface area contributed by atoms with E-state index in [-0.39, 0.29) is 17.4 Å². The van der Waals surface area contributed by atoms with Gasteiger partial charge in [0.25, 0.3) is 0 Å². The molecule has 3 heterocycles. The molecular formula is C26H26F3N5OS. The Balaban J connectivity index is 1.81. The van der Waals surface area contributed by atoms with Crippen molar-refractivity contribution in [2.75, 3.05) is 27.2 Å². The number of amides is 1. The monoisotopic (exact) mass is 513 g/mol. The van der Waals surface area contributed by atoms with Crippen LogP contribution in [0.5, 0.6) is 0 Å². The molecule has 0 fully saturated rings. The SMILES string of the molecule is [C-]#[N+]c1cc2c(s1)CN(C(=O)/C=C/CN(C)C)C[C@H]2c1ccccc1-c1cn(CC)nc1C(F)(F)F. The summed E-state index contributed by atoms with van der Waals surface area (Å²) in [5.74, 6) is -0.550. The standard InChI is InChI=1S/C26H26F3N5OS/c1-5-34-15-21(25(31-34)26(27,28)29)18-10-7-6-9-17(18)20-14-33(24(35)11-8-12-32(3)4)16-22-19(20)13-23(30-2)36-22/h6-11,13,15,20H,5,12,14,16H2,1,3-4H3/b11-8+/t20-/m0/s1. The van der Waals surface area contributed by atoms with Crippen molar-refractivity contribution in [1.29, 1.82) is 0 Å². The maximum Gasteiger partial charge on any atom is 0.435 e. The summed E-state index contributed by atoms with van der Waals surface area (Å²) in [5, 5.41) is 4.29. The minimum atomic E-state index is -4.61. The molecule has 0 unspecified atom stereocenters. The van der Waals surface area contributed by atoms with E-state index in [0.29, 0.717) is 42.3 Å². The van der Waals surface area contributed by atoms with E-state index in [2.05, 4.69) is 9.94 Å². The third kappa shape index (κ3) is 5.22. The molecular weight excluding hydrogens is 487 g/mol. The number of aromatic nitrogens is 2. The Hall–Kier alpha value is -3.42. The van der Waals surface area contributed by atoms with Crippen LogP contribution in [0.25, 0.3) is 16.0 Å². The molecule has 2 aromatic heterocycles. The molecule has 10 heteroatoms. The highest BCUT2D eigenvalue weighted by atomic mass is 32.1. The molecule has 1 aliphatic heterocycles. The number of hydrogen-bond acceptors (Lipinski definition) is 4. The molecule has 4 rings (SSSR count). The molecule has 0 saturated heterocycles. The molecule has 1 amide bonds. The van der Waals surface area contributed by atoms with Crippen LogP contribution in [0.2, 0.25) is 0 Å². The molecule has 0 saturated carbocycles. The Labute approximate surface area is 212 Å². The zero-order valence-corrected chi connectivity index (χ0v) is 21.0. The van der Waals surface area contributed by atoms with Crippen LogP contribution < -0.4 is 0 Å². The summed E-state index contributed by atoms with van der Waals surface area (Å²) in [6.45, 7) is 10.8. The van der Waals surface area contributed by atoms with Gasteiger partial charge in [-0.2, -0.15) is 29.6 Å². The molecule has 0 bridgehead atoms. The average Bonchev–Trinajstić information content (AvgIpc) is 3.47. The quantitative estimate of drug-likeness (QED) is 0.310. The fourth-order valence-corrected chi connectivity index (χ4v) is 5.42. The largest absolute Gasteiger partial charge is 0.435 e. The first-order valence-corrected chi connectivity index (χ1v) is 12.3. The summed E-state index contributed by atoms with van der Waals surface area (Å²) in [6.07, 6.45) is 0.134. The Morgan fingerprint density at radius 3 is 2.69 bits per heavy atom. The molecule has 1 aliphatic rings. The van der Waals surface area contributed by atoms with Crippen LogP contribution in [-0.4, -0.2) is 52.7 Å². The van der Waals surface area contributed by atoms with Gasteiger partial charge in [-0.25, -0.2) is 4.85 Å². The van der Waals surface area contributed by atoms with E-state index in [0.717, 1.165) is 10.4 Å². The van der Waals surface area contributed by atoms with Gasteiger partial charge in [-0.1, -0.05) is 30.3 Å². The maximum atomic E-state index is 13.9.